The van der Waals surface area contributed by atoms with E-state index in [4.69, 9.17) is 0 Å². The molecule has 0 aromatic carbocycles. The van der Waals surface area contributed by atoms with Crippen LogP contribution in [0.2, 0.25) is 0 Å². The molecule has 1 saturated carbocycles. The maximum Gasteiger partial charge on any atom is 0.325 e. The fourth-order valence-electron chi connectivity index (χ4n) is 2.24. The average molecular weight is 270 g/mol. The van der Waals surface area contributed by atoms with Crippen LogP contribution in [0.1, 0.15) is 24.5 Å². The number of fused-ring (bicyclic) bond motifs is 1. The number of H-pyrrole nitrogens is 2. The number of hydrogen-bond acceptors (Lipinski definition) is 5. The van der Waals surface area contributed by atoms with Crippen molar-refractivity contribution in [3.8, 4) is 11.3 Å². The van der Waals surface area contributed by atoms with Gasteiger partial charge in [-0.05, 0) is 18.9 Å². The molecule has 0 radical (unpaired) electrons. The number of aromatic nitrogens is 6. The minimum absolute atomic E-state index is 0.317. The summed E-state index contributed by atoms with van der Waals surface area (Å²) < 4.78 is 1.70. The average Bonchev–Trinajstić information content (AvgIpc) is 3.15. The Morgan fingerprint density at radius 1 is 1.30 bits per heavy atom. The minimum atomic E-state index is -0.537. The third kappa shape index (κ3) is 1.65. The van der Waals surface area contributed by atoms with Crippen LogP contribution in [0.3, 0.4) is 0 Å². The van der Waals surface area contributed by atoms with Crippen LogP contribution in [0, 0.1) is 0 Å². The van der Waals surface area contributed by atoms with Crippen LogP contribution in [-0.2, 0) is 0 Å². The van der Waals surface area contributed by atoms with Gasteiger partial charge < -0.3 is 4.98 Å². The zero-order valence-corrected chi connectivity index (χ0v) is 10.3. The standard InChI is InChI=1S/C12H10N6O2/c19-10-7(4-13-12(20)17-10)8-3-9(6-1-2-6)18-11(16-8)14-5-15-18/h3-6H,1-2H2,(H2,13,17,19,20). The van der Waals surface area contributed by atoms with E-state index in [9.17, 15) is 9.59 Å². The van der Waals surface area contributed by atoms with Crippen LogP contribution in [-0.4, -0.2) is 29.5 Å². The lowest BCUT2D eigenvalue weighted by atomic mass is 10.2. The second-order valence-electron chi connectivity index (χ2n) is 4.80. The molecule has 0 saturated heterocycles. The van der Waals surface area contributed by atoms with Gasteiger partial charge in [-0.2, -0.15) is 10.1 Å². The van der Waals surface area contributed by atoms with E-state index in [1.165, 1.54) is 12.5 Å². The van der Waals surface area contributed by atoms with Gasteiger partial charge in [-0.3, -0.25) is 9.78 Å². The van der Waals surface area contributed by atoms with E-state index < -0.39 is 11.2 Å². The summed E-state index contributed by atoms with van der Waals surface area (Å²) in [6.45, 7) is 0. The van der Waals surface area contributed by atoms with E-state index >= 15 is 0 Å². The van der Waals surface area contributed by atoms with Crippen LogP contribution in [0.4, 0.5) is 0 Å². The second kappa shape index (κ2) is 3.86. The molecule has 0 bridgehead atoms. The zero-order chi connectivity index (χ0) is 13.7. The molecule has 0 unspecified atom stereocenters. The molecule has 3 heterocycles. The van der Waals surface area contributed by atoms with E-state index in [0.717, 1.165) is 18.5 Å². The van der Waals surface area contributed by atoms with Crippen LogP contribution < -0.4 is 11.2 Å². The van der Waals surface area contributed by atoms with Crippen molar-refractivity contribution in [2.75, 3.05) is 0 Å². The van der Waals surface area contributed by atoms with Crippen LogP contribution in [0.25, 0.3) is 17.0 Å². The number of aromatic amines is 2. The Labute approximate surface area is 111 Å². The molecule has 1 fully saturated rings. The minimum Gasteiger partial charge on any atom is -0.313 e. The maximum absolute atomic E-state index is 11.9. The highest BCUT2D eigenvalue weighted by Crippen LogP contribution is 2.40. The number of rotatable bonds is 2. The highest BCUT2D eigenvalue weighted by Gasteiger charge is 2.28. The van der Waals surface area contributed by atoms with Gasteiger partial charge in [0.1, 0.15) is 6.33 Å². The smallest absolute Gasteiger partial charge is 0.313 e. The van der Waals surface area contributed by atoms with Crippen molar-refractivity contribution in [3.63, 3.8) is 0 Å². The molecule has 1 aliphatic rings. The molecule has 0 atom stereocenters. The van der Waals surface area contributed by atoms with Gasteiger partial charge >= 0.3 is 5.69 Å². The Hall–Kier alpha value is -2.77. The first kappa shape index (κ1) is 11.1. The summed E-state index contributed by atoms with van der Waals surface area (Å²) in [5.74, 6) is 0.887. The van der Waals surface area contributed by atoms with E-state index in [1.807, 2.05) is 6.07 Å². The normalized spacial score (nSPS) is 14.8. The number of nitrogens with zero attached hydrogens (tertiary/aromatic N) is 4. The molecular formula is C12H10N6O2. The number of nitrogens with one attached hydrogen (secondary N) is 2. The molecule has 1 aliphatic carbocycles. The summed E-state index contributed by atoms with van der Waals surface area (Å²) in [7, 11) is 0. The fraction of sp³-hybridized carbons (Fsp3) is 0.250. The molecular weight excluding hydrogens is 260 g/mol. The molecule has 3 aromatic rings. The maximum atomic E-state index is 11.9. The molecule has 0 spiro atoms. The monoisotopic (exact) mass is 270 g/mol. The van der Waals surface area contributed by atoms with Crippen molar-refractivity contribution in [1.29, 1.82) is 0 Å². The highest BCUT2D eigenvalue weighted by molar-refractivity contribution is 5.59. The lowest BCUT2D eigenvalue weighted by molar-refractivity contribution is 0.842. The summed E-state index contributed by atoms with van der Waals surface area (Å²) in [4.78, 5) is 36.0. The molecule has 3 aromatic heterocycles. The summed E-state index contributed by atoms with van der Waals surface area (Å²) in [6.07, 6.45) is 5.00. The first-order valence-electron chi connectivity index (χ1n) is 6.25. The molecule has 0 aliphatic heterocycles. The van der Waals surface area contributed by atoms with E-state index in [-0.39, 0.29) is 0 Å². The lowest BCUT2D eigenvalue weighted by Gasteiger charge is -2.05. The third-order valence-corrected chi connectivity index (χ3v) is 3.37. The molecule has 100 valence electrons. The molecule has 8 heteroatoms. The van der Waals surface area contributed by atoms with Gasteiger partial charge in [-0.15, -0.1) is 0 Å². The summed E-state index contributed by atoms with van der Waals surface area (Å²) in [5, 5.41) is 4.15. The molecule has 8 nitrogen and oxygen atoms in total. The molecule has 2 N–H and O–H groups in total. The van der Waals surface area contributed by atoms with Gasteiger partial charge in [0.2, 0.25) is 0 Å². The Morgan fingerprint density at radius 2 is 2.15 bits per heavy atom. The van der Waals surface area contributed by atoms with Crippen molar-refractivity contribution in [2.24, 2.45) is 0 Å². The van der Waals surface area contributed by atoms with Gasteiger partial charge in [0, 0.05) is 12.1 Å². The van der Waals surface area contributed by atoms with Crippen LogP contribution in [0.15, 0.2) is 28.2 Å². The van der Waals surface area contributed by atoms with E-state index in [0.29, 0.717) is 23.0 Å². The first-order chi connectivity index (χ1) is 9.72. The van der Waals surface area contributed by atoms with Gasteiger partial charge in [0.25, 0.3) is 11.3 Å². The van der Waals surface area contributed by atoms with E-state index in [1.54, 1.807) is 4.52 Å². The van der Waals surface area contributed by atoms with Crippen molar-refractivity contribution in [2.45, 2.75) is 18.8 Å². The SMILES string of the molecule is O=c1[nH]cc(-c2cc(C3CC3)n3ncnc3n2)c(=O)[nH]1. The van der Waals surface area contributed by atoms with Gasteiger partial charge in [0.15, 0.2) is 0 Å². The van der Waals surface area contributed by atoms with Crippen LogP contribution >= 0.6 is 0 Å². The highest BCUT2D eigenvalue weighted by atomic mass is 16.2. The van der Waals surface area contributed by atoms with Crippen molar-refractivity contribution >= 4 is 5.78 Å². The Morgan fingerprint density at radius 3 is 2.90 bits per heavy atom. The molecule has 4 rings (SSSR count). The third-order valence-electron chi connectivity index (χ3n) is 3.37. The predicted molar refractivity (Wildman–Crippen MR) is 69.4 cm³/mol. The van der Waals surface area contributed by atoms with Gasteiger partial charge in [-0.25, -0.2) is 14.3 Å². The largest absolute Gasteiger partial charge is 0.325 e. The summed E-state index contributed by atoms with van der Waals surface area (Å²) in [6, 6.07) is 1.84. The molecule has 0 amide bonds. The number of hydrogen-bond donors (Lipinski definition) is 2. The van der Waals surface area contributed by atoms with Gasteiger partial charge in [0.05, 0.1) is 17.0 Å². The van der Waals surface area contributed by atoms with Crippen molar-refractivity contribution < 1.29 is 0 Å². The van der Waals surface area contributed by atoms with Crippen LogP contribution in [0.5, 0.6) is 0 Å². The quantitative estimate of drug-likeness (QED) is 0.683. The van der Waals surface area contributed by atoms with Gasteiger partial charge in [-0.1, -0.05) is 0 Å². The Bertz CT molecular complexity index is 917. The van der Waals surface area contributed by atoms with Crippen molar-refractivity contribution in [3.05, 3.63) is 45.1 Å². The Kier molecular flexibility index (Phi) is 2.14. The summed E-state index contributed by atoms with van der Waals surface area (Å²) >= 11 is 0. The lowest BCUT2D eigenvalue weighted by Crippen LogP contribution is -2.23. The second-order valence-corrected chi connectivity index (χ2v) is 4.80. The fourth-order valence-corrected chi connectivity index (χ4v) is 2.24. The first-order valence-corrected chi connectivity index (χ1v) is 6.25. The van der Waals surface area contributed by atoms with E-state index in [2.05, 4.69) is 25.0 Å². The molecule has 20 heavy (non-hydrogen) atoms. The zero-order valence-electron chi connectivity index (χ0n) is 10.3. The predicted octanol–water partition coefficient (Wildman–Crippen LogP) is 0.0453. The summed E-state index contributed by atoms with van der Waals surface area (Å²) in [5.41, 5.74) is 0.798. The van der Waals surface area contributed by atoms with Crippen molar-refractivity contribution in [1.82, 2.24) is 29.5 Å². The topological polar surface area (TPSA) is 109 Å². The Balaban J connectivity index is 1.99.